The molecule has 1 rings (SSSR count). The van der Waals surface area contributed by atoms with Crippen molar-refractivity contribution in [3.63, 3.8) is 0 Å². The lowest BCUT2D eigenvalue weighted by molar-refractivity contribution is 0.0649. The minimum Gasteiger partial charge on any atom is -0.390 e. The summed E-state index contributed by atoms with van der Waals surface area (Å²) in [4.78, 5) is 0. The first kappa shape index (κ1) is 10.3. The number of aliphatic hydroxyl groups is 1. The zero-order chi connectivity index (χ0) is 10.1. The van der Waals surface area contributed by atoms with Crippen molar-refractivity contribution in [2.24, 2.45) is 0 Å². The summed E-state index contributed by atoms with van der Waals surface area (Å²) in [5.74, 6) is 0. The van der Waals surface area contributed by atoms with Gasteiger partial charge in [0.25, 0.3) is 0 Å². The van der Waals surface area contributed by atoms with E-state index in [0.29, 0.717) is 0 Å². The van der Waals surface area contributed by atoms with Crippen molar-refractivity contribution in [2.45, 2.75) is 46.3 Å². The van der Waals surface area contributed by atoms with E-state index in [4.69, 9.17) is 0 Å². The summed E-state index contributed by atoms with van der Waals surface area (Å²) >= 11 is 0. The zero-order valence-corrected chi connectivity index (χ0v) is 8.83. The van der Waals surface area contributed by atoms with Crippen molar-refractivity contribution in [1.82, 2.24) is 9.78 Å². The Morgan fingerprint density at radius 3 is 2.46 bits per heavy atom. The molecule has 74 valence electrons. The fourth-order valence-electron chi connectivity index (χ4n) is 1.14. The number of aryl methyl sites for hydroxylation is 2. The molecule has 1 heterocycles. The summed E-state index contributed by atoms with van der Waals surface area (Å²) in [5.41, 5.74) is 1.78. The van der Waals surface area contributed by atoms with E-state index in [1.807, 2.05) is 38.6 Å². The molecule has 0 amide bonds. The fourth-order valence-corrected chi connectivity index (χ4v) is 1.14. The average molecular weight is 182 g/mol. The number of hydrogen-bond acceptors (Lipinski definition) is 2. The molecule has 1 N–H and O–H groups in total. The summed E-state index contributed by atoms with van der Waals surface area (Å²) in [6.07, 6.45) is 2.59. The van der Waals surface area contributed by atoms with Gasteiger partial charge in [-0.3, -0.25) is 4.68 Å². The molecule has 0 aromatic carbocycles. The van der Waals surface area contributed by atoms with Crippen LogP contribution in [0.25, 0.3) is 0 Å². The van der Waals surface area contributed by atoms with Crippen LogP contribution in [0.3, 0.4) is 0 Å². The van der Waals surface area contributed by atoms with Crippen molar-refractivity contribution in [2.75, 3.05) is 0 Å². The Balaban J connectivity index is 2.60. The van der Waals surface area contributed by atoms with Crippen molar-refractivity contribution in [1.29, 1.82) is 0 Å². The minimum absolute atomic E-state index is 0.605. The largest absolute Gasteiger partial charge is 0.390 e. The highest BCUT2D eigenvalue weighted by Gasteiger charge is 2.13. The molecule has 3 nitrogen and oxygen atoms in total. The Morgan fingerprint density at radius 2 is 2.08 bits per heavy atom. The highest BCUT2D eigenvalue weighted by Crippen LogP contribution is 2.11. The van der Waals surface area contributed by atoms with Gasteiger partial charge in [-0.1, -0.05) is 0 Å². The van der Waals surface area contributed by atoms with Crippen LogP contribution in [0.1, 0.15) is 31.5 Å². The second-order valence-electron chi connectivity index (χ2n) is 4.20. The number of nitrogens with zero attached hydrogens (tertiary/aromatic N) is 2. The van der Waals surface area contributed by atoms with E-state index in [9.17, 15) is 5.11 Å². The molecular weight excluding hydrogens is 164 g/mol. The van der Waals surface area contributed by atoms with Crippen molar-refractivity contribution >= 4 is 0 Å². The van der Waals surface area contributed by atoms with Crippen LogP contribution in [0, 0.1) is 13.8 Å². The smallest absolute Gasteiger partial charge is 0.0609 e. The van der Waals surface area contributed by atoms with Crippen LogP contribution in [0.2, 0.25) is 0 Å². The molecule has 0 atom stereocenters. The molecule has 0 aliphatic rings. The molecule has 0 radical (unpaired) electrons. The molecule has 3 heteroatoms. The van der Waals surface area contributed by atoms with Crippen LogP contribution in [0.5, 0.6) is 0 Å². The normalized spacial score (nSPS) is 12.1. The molecule has 0 fully saturated rings. The Bertz CT molecular complexity index is 284. The average Bonchev–Trinajstić information content (AvgIpc) is 2.29. The topological polar surface area (TPSA) is 38.0 Å². The second kappa shape index (κ2) is 3.50. The molecule has 0 aliphatic heterocycles. The maximum absolute atomic E-state index is 9.54. The van der Waals surface area contributed by atoms with E-state index < -0.39 is 5.60 Å². The van der Waals surface area contributed by atoms with Gasteiger partial charge in [-0.05, 0) is 39.7 Å². The molecule has 0 saturated heterocycles. The van der Waals surface area contributed by atoms with E-state index in [-0.39, 0.29) is 0 Å². The molecule has 0 aliphatic carbocycles. The highest BCUT2D eigenvalue weighted by molar-refractivity contribution is 5.13. The van der Waals surface area contributed by atoms with Gasteiger partial charge in [0.05, 0.1) is 11.8 Å². The Kier molecular flexibility index (Phi) is 2.76. The first-order valence-corrected chi connectivity index (χ1v) is 4.61. The van der Waals surface area contributed by atoms with Crippen LogP contribution in [0.4, 0.5) is 0 Å². The van der Waals surface area contributed by atoms with Gasteiger partial charge >= 0.3 is 0 Å². The SMILES string of the molecule is Cc1cnn(CCC(C)(C)O)c1C. The minimum atomic E-state index is -0.605. The molecule has 0 spiro atoms. The van der Waals surface area contributed by atoms with Crippen molar-refractivity contribution < 1.29 is 5.11 Å². The molecule has 0 bridgehead atoms. The molecule has 1 aromatic rings. The van der Waals surface area contributed by atoms with E-state index in [1.54, 1.807) is 0 Å². The third-order valence-electron chi connectivity index (χ3n) is 2.28. The molecule has 13 heavy (non-hydrogen) atoms. The summed E-state index contributed by atoms with van der Waals surface area (Å²) in [6.45, 7) is 8.51. The maximum atomic E-state index is 9.54. The molecule has 0 unspecified atom stereocenters. The van der Waals surface area contributed by atoms with E-state index >= 15 is 0 Å². The van der Waals surface area contributed by atoms with Gasteiger partial charge in [0.2, 0.25) is 0 Å². The summed E-state index contributed by atoms with van der Waals surface area (Å²) in [5, 5.41) is 13.8. The predicted molar refractivity (Wildman–Crippen MR) is 52.6 cm³/mol. The monoisotopic (exact) mass is 182 g/mol. The number of aromatic nitrogens is 2. The lowest BCUT2D eigenvalue weighted by Crippen LogP contribution is -2.21. The van der Waals surface area contributed by atoms with Gasteiger partial charge in [0, 0.05) is 12.2 Å². The van der Waals surface area contributed by atoms with E-state index in [2.05, 4.69) is 5.10 Å². The van der Waals surface area contributed by atoms with Gasteiger partial charge in [-0.2, -0.15) is 5.10 Å². The third kappa shape index (κ3) is 2.84. The van der Waals surface area contributed by atoms with Crippen LogP contribution in [0.15, 0.2) is 6.20 Å². The fraction of sp³-hybridized carbons (Fsp3) is 0.700. The van der Waals surface area contributed by atoms with Crippen LogP contribution in [-0.2, 0) is 6.54 Å². The molecule has 0 saturated carbocycles. The van der Waals surface area contributed by atoms with Crippen molar-refractivity contribution in [3.8, 4) is 0 Å². The van der Waals surface area contributed by atoms with Gasteiger partial charge in [0.1, 0.15) is 0 Å². The van der Waals surface area contributed by atoms with E-state index in [0.717, 1.165) is 13.0 Å². The Labute approximate surface area is 79.4 Å². The van der Waals surface area contributed by atoms with E-state index in [1.165, 1.54) is 11.3 Å². The third-order valence-corrected chi connectivity index (χ3v) is 2.28. The van der Waals surface area contributed by atoms with Crippen LogP contribution < -0.4 is 0 Å². The summed E-state index contributed by atoms with van der Waals surface area (Å²) in [7, 11) is 0. The van der Waals surface area contributed by atoms with Crippen LogP contribution >= 0.6 is 0 Å². The summed E-state index contributed by atoms with van der Waals surface area (Å²) < 4.78 is 1.94. The molecule has 1 aromatic heterocycles. The Morgan fingerprint density at radius 1 is 1.46 bits per heavy atom. The standard InChI is InChI=1S/C10H18N2O/c1-8-7-11-12(9(8)2)6-5-10(3,4)13/h7,13H,5-6H2,1-4H3. The van der Waals surface area contributed by atoms with Gasteiger partial charge in [-0.25, -0.2) is 0 Å². The van der Waals surface area contributed by atoms with Crippen LogP contribution in [-0.4, -0.2) is 20.5 Å². The quantitative estimate of drug-likeness (QED) is 0.772. The zero-order valence-electron chi connectivity index (χ0n) is 8.83. The lowest BCUT2D eigenvalue weighted by Gasteiger charge is -2.17. The lowest BCUT2D eigenvalue weighted by atomic mass is 10.1. The first-order chi connectivity index (χ1) is 5.90. The first-order valence-electron chi connectivity index (χ1n) is 4.61. The Hall–Kier alpha value is -0.830. The second-order valence-corrected chi connectivity index (χ2v) is 4.20. The highest BCUT2D eigenvalue weighted by atomic mass is 16.3. The van der Waals surface area contributed by atoms with Crippen molar-refractivity contribution in [3.05, 3.63) is 17.5 Å². The van der Waals surface area contributed by atoms with Gasteiger partial charge < -0.3 is 5.11 Å². The predicted octanol–water partition coefficient (Wildman–Crippen LogP) is 1.66. The molecular formula is C10H18N2O. The maximum Gasteiger partial charge on any atom is 0.0609 e. The van der Waals surface area contributed by atoms with Gasteiger partial charge in [0.15, 0.2) is 0 Å². The van der Waals surface area contributed by atoms with Gasteiger partial charge in [-0.15, -0.1) is 0 Å². The summed E-state index contributed by atoms with van der Waals surface area (Å²) in [6, 6.07) is 0. The number of hydrogen-bond donors (Lipinski definition) is 1. The number of rotatable bonds is 3.